The Morgan fingerprint density at radius 2 is 2.29 bits per heavy atom. The average Bonchev–Trinajstić information content (AvgIpc) is 2.16. The maximum atomic E-state index is 6.03. The van der Waals surface area contributed by atoms with Crippen LogP contribution in [0.25, 0.3) is 0 Å². The Bertz CT molecular complexity index is 336. The zero-order chi connectivity index (χ0) is 10.6. The summed E-state index contributed by atoms with van der Waals surface area (Å²) >= 11 is 9.39. The lowest BCUT2D eigenvalue weighted by atomic mass is 10.2. The molecule has 0 heterocycles. The lowest BCUT2D eigenvalue weighted by Gasteiger charge is -2.09. The van der Waals surface area contributed by atoms with Gasteiger partial charge in [-0.05, 0) is 24.6 Å². The molecule has 1 nitrogen and oxygen atoms in total. The Morgan fingerprint density at radius 3 is 2.86 bits per heavy atom. The maximum Gasteiger partial charge on any atom is 0.0648 e. The summed E-state index contributed by atoms with van der Waals surface area (Å²) in [5, 5.41) is 3.96. The molecule has 0 radical (unpaired) electrons. The summed E-state index contributed by atoms with van der Waals surface area (Å²) in [6, 6.07) is 5.79. The van der Waals surface area contributed by atoms with E-state index >= 15 is 0 Å². The molecule has 3 heteroatoms. The third-order valence-corrected chi connectivity index (χ3v) is 2.77. The summed E-state index contributed by atoms with van der Waals surface area (Å²) < 4.78 is 0.988. The van der Waals surface area contributed by atoms with Crippen LogP contribution in [0.4, 0.5) is 5.69 Å². The second-order valence-electron chi connectivity index (χ2n) is 3.08. The minimum absolute atomic E-state index is 0.725. The quantitative estimate of drug-likeness (QED) is 0.798. The average molecular weight is 275 g/mol. The van der Waals surface area contributed by atoms with Crippen LogP contribution in [0, 0.1) is 0 Å². The van der Waals surface area contributed by atoms with Gasteiger partial charge in [0.25, 0.3) is 0 Å². The van der Waals surface area contributed by atoms with Gasteiger partial charge < -0.3 is 5.32 Å². The minimum Gasteiger partial charge on any atom is -0.380 e. The van der Waals surface area contributed by atoms with Gasteiger partial charge in [0.1, 0.15) is 0 Å². The van der Waals surface area contributed by atoms with Gasteiger partial charge in [0.05, 0.1) is 10.7 Å². The molecule has 1 aromatic rings. The molecule has 0 saturated heterocycles. The Morgan fingerprint density at radius 1 is 1.57 bits per heavy atom. The zero-order valence-electron chi connectivity index (χ0n) is 8.11. The van der Waals surface area contributed by atoms with Crippen LogP contribution in [0.1, 0.15) is 13.3 Å². The number of hydrogen-bond donors (Lipinski definition) is 1. The van der Waals surface area contributed by atoms with Gasteiger partial charge in [0, 0.05) is 11.0 Å². The number of halogens is 2. The molecule has 0 spiro atoms. The van der Waals surface area contributed by atoms with Crippen molar-refractivity contribution in [3.8, 4) is 0 Å². The van der Waals surface area contributed by atoms with E-state index in [0.717, 1.165) is 28.1 Å². The first-order valence-electron chi connectivity index (χ1n) is 4.49. The number of hydrogen-bond acceptors (Lipinski definition) is 1. The van der Waals surface area contributed by atoms with E-state index in [4.69, 9.17) is 11.6 Å². The van der Waals surface area contributed by atoms with E-state index < -0.39 is 0 Å². The van der Waals surface area contributed by atoms with E-state index in [9.17, 15) is 0 Å². The number of anilines is 1. The molecule has 1 aromatic carbocycles. The molecule has 1 rings (SSSR count). The number of benzene rings is 1. The largest absolute Gasteiger partial charge is 0.380 e. The fourth-order valence-corrected chi connectivity index (χ4v) is 1.72. The van der Waals surface area contributed by atoms with Crippen molar-refractivity contribution in [2.45, 2.75) is 13.3 Å². The zero-order valence-corrected chi connectivity index (χ0v) is 10.5. The molecule has 0 bridgehead atoms. The van der Waals surface area contributed by atoms with Gasteiger partial charge in [-0.2, -0.15) is 0 Å². The molecule has 14 heavy (non-hydrogen) atoms. The smallest absolute Gasteiger partial charge is 0.0648 e. The molecule has 0 amide bonds. The molecule has 0 saturated carbocycles. The lowest BCUT2D eigenvalue weighted by molar-refractivity contribution is 1.05. The molecule has 0 fully saturated rings. The fraction of sp³-hybridized carbons (Fsp3) is 0.273. The first-order valence-corrected chi connectivity index (χ1v) is 5.66. The molecule has 0 unspecified atom stereocenters. The maximum absolute atomic E-state index is 6.03. The number of rotatable bonds is 4. The molecule has 0 aliphatic rings. The lowest BCUT2D eigenvalue weighted by Crippen LogP contribution is -2.03. The third-order valence-electron chi connectivity index (χ3n) is 1.96. The second kappa shape index (κ2) is 5.42. The molecule has 0 aliphatic heterocycles. The van der Waals surface area contributed by atoms with E-state index in [2.05, 4.69) is 34.7 Å². The van der Waals surface area contributed by atoms with E-state index in [1.165, 1.54) is 5.57 Å². The first kappa shape index (κ1) is 11.6. The van der Waals surface area contributed by atoms with Crippen molar-refractivity contribution >= 4 is 33.2 Å². The van der Waals surface area contributed by atoms with Gasteiger partial charge in [-0.3, -0.25) is 0 Å². The van der Waals surface area contributed by atoms with Crippen molar-refractivity contribution in [3.05, 3.63) is 39.8 Å². The monoisotopic (exact) mass is 273 g/mol. The highest BCUT2D eigenvalue weighted by Crippen LogP contribution is 2.25. The highest BCUT2D eigenvalue weighted by molar-refractivity contribution is 9.10. The van der Waals surface area contributed by atoms with Gasteiger partial charge >= 0.3 is 0 Å². The first-order chi connectivity index (χ1) is 6.63. The van der Waals surface area contributed by atoms with Crippen LogP contribution in [0.3, 0.4) is 0 Å². The summed E-state index contributed by atoms with van der Waals surface area (Å²) in [6.45, 7) is 6.79. The molecule has 0 atom stereocenters. The topological polar surface area (TPSA) is 12.0 Å². The van der Waals surface area contributed by atoms with Gasteiger partial charge in [0.2, 0.25) is 0 Å². The van der Waals surface area contributed by atoms with Crippen LogP contribution >= 0.6 is 27.5 Å². The molecule has 0 aliphatic carbocycles. The molecule has 76 valence electrons. The Kier molecular flexibility index (Phi) is 4.49. The second-order valence-corrected chi connectivity index (χ2v) is 4.40. The van der Waals surface area contributed by atoms with Crippen molar-refractivity contribution in [3.63, 3.8) is 0 Å². The van der Waals surface area contributed by atoms with Crippen LogP contribution in [0.2, 0.25) is 5.02 Å². The molecule has 1 N–H and O–H groups in total. The van der Waals surface area contributed by atoms with Crippen LogP contribution < -0.4 is 5.32 Å². The summed E-state index contributed by atoms with van der Waals surface area (Å²) in [5.74, 6) is 0. The fourth-order valence-electron chi connectivity index (χ4n) is 0.978. The normalized spacial score (nSPS) is 9.93. The van der Waals surface area contributed by atoms with E-state index in [1.807, 2.05) is 18.2 Å². The Labute approximate surface area is 98.3 Å². The van der Waals surface area contributed by atoms with Crippen molar-refractivity contribution in [1.82, 2.24) is 0 Å². The molecular weight excluding hydrogens is 261 g/mol. The van der Waals surface area contributed by atoms with Crippen molar-refractivity contribution < 1.29 is 0 Å². The third kappa shape index (κ3) is 3.35. The predicted octanol–water partition coefficient (Wildman–Crippen LogP) is 4.48. The summed E-state index contributed by atoms with van der Waals surface area (Å²) in [4.78, 5) is 0. The van der Waals surface area contributed by atoms with E-state index in [1.54, 1.807) is 0 Å². The van der Waals surface area contributed by atoms with Crippen LogP contribution in [0.5, 0.6) is 0 Å². The highest BCUT2D eigenvalue weighted by Gasteiger charge is 2.00. The van der Waals surface area contributed by atoms with Crippen LogP contribution in [-0.2, 0) is 0 Å². The molecular formula is C11H13BrClN. The standard InChI is InChI=1S/C11H13BrClN/c1-3-8(2)7-14-11-5-4-9(12)6-10(11)13/h4-6,14H,2-3,7H2,1H3. The van der Waals surface area contributed by atoms with Crippen LogP contribution in [0.15, 0.2) is 34.8 Å². The van der Waals surface area contributed by atoms with Crippen molar-refractivity contribution in [2.75, 3.05) is 11.9 Å². The van der Waals surface area contributed by atoms with E-state index in [0.29, 0.717) is 0 Å². The summed E-state index contributed by atoms with van der Waals surface area (Å²) in [5.41, 5.74) is 2.12. The number of nitrogens with one attached hydrogen (secondary N) is 1. The minimum atomic E-state index is 0.725. The predicted molar refractivity (Wildman–Crippen MR) is 67.1 cm³/mol. The Hall–Kier alpha value is -0.470. The van der Waals surface area contributed by atoms with Gasteiger partial charge in [-0.25, -0.2) is 0 Å². The van der Waals surface area contributed by atoms with Crippen LogP contribution in [-0.4, -0.2) is 6.54 Å². The summed E-state index contributed by atoms with van der Waals surface area (Å²) in [6.07, 6.45) is 0.987. The van der Waals surface area contributed by atoms with Crippen molar-refractivity contribution in [2.24, 2.45) is 0 Å². The van der Waals surface area contributed by atoms with Crippen molar-refractivity contribution in [1.29, 1.82) is 0 Å². The van der Waals surface area contributed by atoms with Gasteiger partial charge in [-0.15, -0.1) is 0 Å². The van der Waals surface area contributed by atoms with Gasteiger partial charge in [-0.1, -0.05) is 46.6 Å². The summed E-state index contributed by atoms with van der Waals surface area (Å²) in [7, 11) is 0. The van der Waals surface area contributed by atoms with E-state index in [-0.39, 0.29) is 0 Å². The highest BCUT2D eigenvalue weighted by atomic mass is 79.9. The molecule has 0 aromatic heterocycles. The SMILES string of the molecule is C=C(CC)CNc1ccc(Br)cc1Cl. The Balaban J connectivity index is 2.63. The van der Waals surface area contributed by atoms with Gasteiger partial charge in [0.15, 0.2) is 0 Å².